The molecule has 0 bridgehead atoms. The molecule has 2 rings (SSSR count). The first-order valence-electron chi connectivity index (χ1n) is 6.47. The molecule has 0 saturated heterocycles. The first-order chi connectivity index (χ1) is 10.5. The fourth-order valence-corrected chi connectivity index (χ4v) is 2.28. The van der Waals surface area contributed by atoms with Crippen LogP contribution < -0.4 is 16.2 Å². The fraction of sp³-hybridized carbons (Fsp3) is 0.214. The van der Waals surface area contributed by atoms with E-state index < -0.39 is 17.9 Å². The van der Waals surface area contributed by atoms with Crippen LogP contribution >= 0.6 is 11.3 Å². The second-order valence-corrected chi connectivity index (χ2v) is 5.45. The molecule has 0 aliphatic heterocycles. The molecule has 2 aromatic rings. The molecule has 0 saturated carbocycles. The molecule has 0 spiro atoms. The highest BCUT2D eigenvalue weighted by molar-refractivity contribution is 7.12. The Morgan fingerprint density at radius 3 is 2.55 bits per heavy atom. The van der Waals surface area contributed by atoms with Crippen molar-refractivity contribution in [1.29, 1.82) is 0 Å². The fourth-order valence-electron chi connectivity index (χ4n) is 1.66. The van der Waals surface area contributed by atoms with E-state index in [-0.39, 0.29) is 5.91 Å². The second kappa shape index (κ2) is 6.90. The standard InChI is InChI=1S/C14H15N3O4S/c1-8(15-14(20)11-4-3-7-22-11)12(18)16-17-13(19)10-5-6-21-9(10)2/h3-8H,1-2H3,(H,15,20)(H,16,18)(H,17,19). The number of nitrogens with one attached hydrogen (secondary N) is 3. The number of furan rings is 1. The topological polar surface area (TPSA) is 100 Å². The highest BCUT2D eigenvalue weighted by atomic mass is 32.1. The minimum atomic E-state index is -0.791. The van der Waals surface area contributed by atoms with Gasteiger partial charge in [0, 0.05) is 0 Å². The smallest absolute Gasteiger partial charge is 0.273 e. The van der Waals surface area contributed by atoms with Crippen molar-refractivity contribution in [3.63, 3.8) is 0 Å². The van der Waals surface area contributed by atoms with Crippen molar-refractivity contribution < 1.29 is 18.8 Å². The summed E-state index contributed by atoms with van der Waals surface area (Å²) >= 11 is 1.28. The summed E-state index contributed by atoms with van der Waals surface area (Å²) in [6.45, 7) is 3.16. The van der Waals surface area contributed by atoms with Gasteiger partial charge in [-0.2, -0.15) is 0 Å². The zero-order chi connectivity index (χ0) is 16.1. The second-order valence-electron chi connectivity index (χ2n) is 4.51. The van der Waals surface area contributed by atoms with Crippen LogP contribution in [0.1, 0.15) is 32.7 Å². The van der Waals surface area contributed by atoms with Gasteiger partial charge in [0.1, 0.15) is 11.8 Å². The molecular formula is C14H15N3O4S. The van der Waals surface area contributed by atoms with E-state index in [0.29, 0.717) is 16.2 Å². The van der Waals surface area contributed by atoms with Crippen molar-refractivity contribution in [2.45, 2.75) is 19.9 Å². The van der Waals surface area contributed by atoms with Crippen LogP contribution in [0.4, 0.5) is 0 Å². The van der Waals surface area contributed by atoms with Crippen LogP contribution in [0, 0.1) is 6.92 Å². The van der Waals surface area contributed by atoms with Gasteiger partial charge in [0.15, 0.2) is 0 Å². The van der Waals surface area contributed by atoms with Crippen molar-refractivity contribution >= 4 is 29.1 Å². The van der Waals surface area contributed by atoms with E-state index in [4.69, 9.17) is 4.42 Å². The minimum absolute atomic E-state index is 0.329. The monoisotopic (exact) mass is 321 g/mol. The molecular weight excluding hydrogens is 306 g/mol. The van der Waals surface area contributed by atoms with Gasteiger partial charge in [-0.1, -0.05) is 6.07 Å². The van der Waals surface area contributed by atoms with Crippen LogP contribution in [-0.4, -0.2) is 23.8 Å². The Morgan fingerprint density at radius 1 is 1.18 bits per heavy atom. The van der Waals surface area contributed by atoms with Crippen LogP contribution in [0.15, 0.2) is 34.3 Å². The number of thiophene rings is 1. The third-order valence-electron chi connectivity index (χ3n) is 2.89. The summed E-state index contributed by atoms with van der Waals surface area (Å²) in [7, 11) is 0. The zero-order valence-electron chi connectivity index (χ0n) is 12.0. The lowest BCUT2D eigenvalue weighted by atomic mass is 10.2. The normalized spacial score (nSPS) is 11.5. The maximum atomic E-state index is 11.8. The third-order valence-corrected chi connectivity index (χ3v) is 3.76. The Balaban J connectivity index is 1.83. The molecule has 3 amide bonds. The Hall–Kier alpha value is -2.61. The van der Waals surface area contributed by atoms with Crippen molar-refractivity contribution in [2.24, 2.45) is 0 Å². The van der Waals surface area contributed by atoms with E-state index in [1.165, 1.54) is 30.6 Å². The molecule has 0 aliphatic carbocycles. The summed E-state index contributed by atoms with van der Waals surface area (Å²) in [6.07, 6.45) is 1.38. The third kappa shape index (κ3) is 3.73. The van der Waals surface area contributed by atoms with E-state index in [1.54, 1.807) is 24.4 Å². The van der Waals surface area contributed by atoms with Crippen molar-refractivity contribution in [3.05, 3.63) is 46.0 Å². The van der Waals surface area contributed by atoms with Gasteiger partial charge in [0.2, 0.25) is 0 Å². The van der Waals surface area contributed by atoms with Gasteiger partial charge >= 0.3 is 0 Å². The van der Waals surface area contributed by atoms with Crippen LogP contribution in [0.25, 0.3) is 0 Å². The van der Waals surface area contributed by atoms with Gasteiger partial charge in [-0.05, 0) is 31.4 Å². The molecule has 0 aliphatic rings. The average Bonchev–Trinajstić information content (AvgIpc) is 3.15. The number of rotatable bonds is 4. The minimum Gasteiger partial charge on any atom is -0.469 e. The van der Waals surface area contributed by atoms with E-state index in [2.05, 4.69) is 16.2 Å². The first kappa shape index (κ1) is 15.8. The lowest BCUT2D eigenvalue weighted by molar-refractivity contribution is -0.123. The molecule has 22 heavy (non-hydrogen) atoms. The zero-order valence-corrected chi connectivity index (χ0v) is 12.8. The van der Waals surface area contributed by atoms with Crippen molar-refractivity contribution in [2.75, 3.05) is 0 Å². The Labute approximate surface area is 130 Å². The van der Waals surface area contributed by atoms with Crippen LogP contribution in [-0.2, 0) is 4.79 Å². The van der Waals surface area contributed by atoms with Gasteiger partial charge in [-0.15, -0.1) is 11.3 Å². The van der Waals surface area contributed by atoms with Crippen molar-refractivity contribution in [3.8, 4) is 0 Å². The highest BCUT2D eigenvalue weighted by Crippen LogP contribution is 2.08. The molecule has 3 N–H and O–H groups in total. The lowest BCUT2D eigenvalue weighted by Crippen LogP contribution is -2.51. The predicted molar refractivity (Wildman–Crippen MR) is 80.3 cm³/mol. The first-order valence-corrected chi connectivity index (χ1v) is 7.35. The summed E-state index contributed by atoms with van der Waals surface area (Å²) in [5.74, 6) is -0.906. The SMILES string of the molecule is Cc1occc1C(=O)NNC(=O)C(C)NC(=O)c1cccs1. The van der Waals surface area contributed by atoms with E-state index in [0.717, 1.165) is 0 Å². The van der Waals surface area contributed by atoms with E-state index >= 15 is 0 Å². The number of hydrazine groups is 1. The summed E-state index contributed by atoms with van der Waals surface area (Å²) in [5.41, 5.74) is 4.85. The molecule has 2 heterocycles. The molecule has 0 aromatic carbocycles. The van der Waals surface area contributed by atoms with Crippen LogP contribution in [0.3, 0.4) is 0 Å². The number of carbonyl (C=O) groups is 3. The Kier molecular flexibility index (Phi) is 4.95. The summed E-state index contributed by atoms with van der Waals surface area (Å²) in [6, 6.07) is 4.12. The molecule has 7 nitrogen and oxygen atoms in total. The van der Waals surface area contributed by atoms with E-state index in [9.17, 15) is 14.4 Å². The molecule has 1 unspecified atom stereocenters. The molecule has 0 radical (unpaired) electrons. The van der Waals surface area contributed by atoms with Gasteiger partial charge < -0.3 is 9.73 Å². The quantitative estimate of drug-likeness (QED) is 0.737. The van der Waals surface area contributed by atoms with Gasteiger partial charge in [0.25, 0.3) is 17.7 Å². The highest BCUT2D eigenvalue weighted by Gasteiger charge is 2.18. The number of aryl methyl sites for hydroxylation is 1. The van der Waals surface area contributed by atoms with Crippen molar-refractivity contribution in [1.82, 2.24) is 16.2 Å². The van der Waals surface area contributed by atoms with Gasteiger partial charge in [-0.25, -0.2) is 0 Å². The number of carbonyl (C=O) groups excluding carboxylic acids is 3. The lowest BCUT2D eigenvalue weighted by Gasteiger charge is -2.14. The van der Waals surface area contributed by atoms with Gasteiger partial charge in [-0.3, -0.25) is 25.2 Å². The maximum Gasteiger partial charge on any atom is 0.273 e. The molecule has 2 aromatic heterocycles. The Morgan fingerprint density at radius 2 is 1.95 bits per heavy atom. The Bertz CT molecular complexity index is 678. The van der Waals surface area contributed by atoms with E-state index in [1.807, 2.05) is 0 Å². The molecule has 1 atom stereocenters. The summed E-state index contributed by atoms with van der Waals surface area (Å²) in [5, 5.41) is 4.31. The summed E-state index contributed by atoms with van der Waals surface area (Å²) in [4.78, 5) is 36.0. The van der Waals surface area contributed by atoms with Crippen LogP contribution in [0.2, 0.25) is 0 Å². The summed E-state index contributed by atoms with van der Waals surface area (Å²) < 4.78 is 5.00. The van der Waals surface area contributed by atoms with Gasteiger partial charge in [0.05, 0.1) is 16.7 Å². The average molecular weight is 321 g/mol. The molecule has 0 fully saturated rings. The number of hydrogen-bond acceptors (Lipinski definition) is 5. The largest absolute Gasteiger partial charge is 0.469 e. The molecule has 116 valence electrons. The van der Waals surface area contributed by atoms with Crippen LogP contribution in [0.5, 0.6) is 0 Å². The number of hydrogen-bond donors (Lipinski definition) is 3. The predicted octanol–water partition coefficient (Wildman–Crippen LogP) is 1.23. The number of amides is 3. The molecule has 8 heteroatoms. The maximum absolute atomic E-state index is 11.8.